The van der Waals surface area contributed by atoms with Gasteiger partial charge in [-0.15, -0.1) is 0 Å². The maximum atomic E-state index is 10.5. The fourth-order valence-corrected chi connectivity index (χ4v) is 1.41. The zero-order valence-electron chi connectivity index (χ0n) is 5.74. The first-order valence-corrected chi connectivity index (χ1v) is 4.11. The molecule has 0 aromatic heterocycles. The third-order valence-electron chi connectivity index (χ3n) is 1.60. The van der Waals surface area contributed by atoms with Crippen molar-refractivity contribution in [2.75, 3.05) is 0 Å². The Hall–Kier alpha value is -0.460. The lowest BCUT2D eigenvalue weighted by Crippen LogP contribution is -2.32. The van der Waals surface area contributed by atoms with E-state index in [1.54, 1.807) is 31.2 Å². The normalized spacial score (nSPS) is 38.8. The van der Waals surface area contributed by atoms with Crippen LogP contribution >= 0.6 is 8.46 Å². The fraction of sp³-hybridized carbons (Fsp3) is 0.429. The molecule has 3 heteroatoms. The van der Waals surface area contributed by atoms with Gasteiger partial charge in [0.05, 0.1) is 0 Å². The van der Waals surface area contributed by atoms with E-state index in [-0.39, 0.29) is 5.66 Å². The molecule has 1 N–H and O–H groups in total. The predicted molar refractivity (Wildman–Crippen MR) is 41.7 cm³/mol. The van der Waals surface area contributed by atoms with Crippen molar-refractivity contribution in [1.82, 2.24) is 0 Å². The lowest BCUT2D eigenvalue weighted by atomic mass is 9.97. The minimum atomic E-state index is -0.922. The zero-order valence-corrected chi connectivity index (χ0v) is 6.74. The van der Waals surface area contributed by atoms with Gasteiger partial charge in [-0.05, 0) is 19.1 Å². The van der Waals surface area contributed by atoms with Gasteiger partial charge in [0.25, 0.3) is 0 Å². The minimum Gasteiger partial charge on any atom is -0.381 e. The minimum absolute atomic E-state index is 0.238. The molecule has 54 valence electrons. The molecule has 0 saturated carbocycles. The largest absolute Gasteiger partial charge is 0.381 e. The van der Waals surface area contributed by atoms with Crippen LogP contribution in [0.3, 0.4) is 0 Å². The van der Waals surface area contributed by atoms with Crippen LogP contribution in [0.5, 0.6) is 0 Å². The summed E-state index contributed by atoms with van der Waals surface area (Å²) < 4.78 is 10.5. The average Bonchev–Trinajstić information content (AvgIpc) is 1.87. The van der Waals surface area contributed by atoms with Crippen LogP contribution in [0.4, 0.5) is 0 Å². The molecule has 1 aliphatic carbocycles. The van der Waals surface area contributed by atoms with E-state index in [0.29, 0.717) is 0 Å². The van der Waals surface area contributed by atoms with E-state index in [0.717, 1.165) is 0 Å². The van der Waals surface area contributed by atoms with Crippen molar-refractivity contribution in [3.05, 3.63) is 24.3 Å². The third-order valence-corrected chi connectivity index (χ3v) is 2.64. The van der Waals surface area contributed by atoms with Crippen LogP contribution in [-0.2, 0) is 4.57 Å². The van der Waals surface area contributed by atoms with E-state index in [1.807, 2.05) is 0 Å². The van der Waals surface area contributed by atoms with E-state index in [9.17, 15) is 9.67 Å². The van der Waals surface area contributed by atoms with E-state index in [1.165, 1.54) is 0 Å². The molecule has 0 amide bonds. The summed E-state index contributed by atoms with van der Waals surface area (Å²) >= 11 is 0. The van der Waals surface area contributed by atoms with Gasteiger partial charge in [-0.1, -0.05) is 16.7 Å². The second-order valence-corrected chi connectivity index (χ2v) is 3.42. The highest BCUT2D eigenvalue weighted by Gasteiger charge is 2.34. The molecule has 0 radical (unpaired) electrons. The summed E-state index contributed by atoms with van der Waals surface area (Å²) in [4.78, 5) is 0. The summed E-state index contributed by atoms with van der Waals surface area (Å²) in [6.45, 7) is 1.66. The van der Waals surface area contributed by atoms with Gasteiger partial charge in [-0.2, -0.15) is 0 Å². The number of allylic oxidation sites excluding steroid dienone is 2. The van der Waals surface area contributed by atoms with E-state index < -0.39 is 14.1 Å². The first-order valence-electron chi connectivity index (χ1n) is 3.13. The summed E-state index contributed by atoms with van der Waals surface area (Å²) in [5.41, 5.74) is -1.16. The summed E-state index contributed by atoms with van der Waals surface area (Å²) in [6.07, 6.45) is 6.97. The summed E-state index contributed by atoms with van der Waals surface area (Å²) in [7, 11) is -0.480. The Balaban J connectivity index is 2.84. The molecule has 3 atom stereocenters. The van der Waals surface area contributed by atoms with Crippen molar-refractivity contribution < 1.29 is 9.67 Å². The Kier molecular flexibility index (Phi) is 2.02. The fourth-order valence-electron chi connectivity index (χ4n) is 0.883. The Morgan fingerprint density at radius 2 is 2.30 bits per heavy atom. The first kappa shape index (κ1) is 7.64. The average molecular weight is 157 g/mol. The van der Waals surface area contributed by atoms with E-state index in [4.69, 9.17) is 0 Å². The zero-order chi connectivity index (χ0) is 7.61. The Bertz CT molecular complexity index is 194. The molecule has 0 spiro atoms. The third kappa shape index (κ3) is 1.34. The van der Waals surface area contributed by atoms with E-state index in [2.05, 4.69) is 0 Å². The molecular formula is C7H10O2P+. The topological polar surface area (TPSA) is 37.3 Å². The molecule has 10 heavy (non-hydrogen) atoms. The molecule has 2 nitrogen and oxygen atoms in total. The van der Waals surface area contributed by atoms with Crippen LogP contribution in [0.2, 0.25) is 0 Å². The smallest absolute Gasteiger partial charge is 0.335 e. The highest BCUT2D eigenvalue weighted by atomic mass is 31.1. The monoisotopic (exact) mass is 157 g/mol. The van der Waals surface area contributed by atoms with Crippen LogP contribution in [0.1, 0.15) is 6.92 Å². The molecule has 1 rings (SSSR count). The number of aliphatic hydroxyl groups is 1. The van der Waals surface area contributed by atoms with Crippen molar-refractivity contribution >= 4 is 8.46 Å². The van der Waals surface area contributed by atoms with Crippen molar-refractivity contribution in [2.45, 2.75) is 18.2 Å². The molecule has 0 aromatic rings. The van der Waals surface area contributed by atoms with Crippen LogP contribution in [0, 0.1) is 0 Å². The molecule has 0 saturated heterocycles. The quantitative estimate of drug-likeness (QED) is 0.581. The molecular weight excluding hydrogens is 147 g/mol. The summed E-state index contributed by atoms with van der Waals surface area (Å²) in [5, 5.41) is 9.50. The molecule has 1 aliphatic rings. The highest BCUT2D eigenvalue weighted by molar-refractivity contribution is 7.25. The second kappa shape index (κ2) is 2.65. The maximum absolute atomic E-state index is 10.5. The molecule has 0 fully saturated rings. The molecule has 0 heterocycles. The molecule has 0 aliphatic heterocycles. The maximum Gasteiger partial charge on any atom is 0.335 e. The number of hydrogen-bond donors (Lipinski definition) is 1. The first-order chi connectivity index (χ1) is 4.67. The molecule has 0 bridgehead atoms. The molecule has 0 aromatic carbocycles. The Labute approximate surface area is 61.5 Å². The van der Waals surface area contributed by atoms with Crippen molar-refractivity contribution in [3.8, 4) is 0 Å². The van der Waals surface area contributed by atoms with Crippen molar-refractivity contribution in [2.24, 2.45) is 0 Å². The van der Waals surface area contributed by atoms with Crippen molar-refractivity contribution in [1.29, 1.82) is 0 Å². The predicted octanol–water partition coefficient (Wildman–Crippen LogP) is 1.26. The Morgan fingerprint density at radius 1 is 1.60 bits per heavy atom. The lowest BCUT2D eigenvalue weighted by molar-refractivity contribution is 0.118. The van der Waals surface area contributed by atoms with Gasteiger partial charge in [-0.25, -0.2) is 0 Å². The van der Waals surface area contributed by atoms with Crippen LogP contribution < -0.4 is 0 Å². The Morgan fingerprint density at radius 3 is 2.70 bits per heavy atom. The van der Waals surface area contributed by atoms with Gasteiger partial charge in [0.1, 0.15) is 5.60 Å². The highest BCUT2D eigenvalue weighted by Crippen LogP contribution is 2.26. The van der Waals surface area contributed by atoms with Gasteiger partial charge in [0, 0.05) is 0 Å². The number of hydrogen-bond acceptors (Lipinski definition) is 2. The van der Waals surface area contributed by atoms with Gasteiger partial charge >= 0.3 is 8.46 Å². The van der Waals surface area contributed by atoms with Gasteiger partial charge in [0.2, 0.25) is 5.66 Å². The van der Waals surface area contributed by atoms with Crippen LogP contribution in [0.15, 0.2) is 24.3 Å². The second-order valence-electron chi connectivity index (χ2n) is 2.57. The van der Waals surface area contributed by atoms with Crippen LogP contribution in [-0.4, -0.2) is 16.4 Å². The molecule has 3 unspecified atom stereocenters. The van der Waals surface area contributed by atoms with Crippen molar-refractivity contribution in [3.63, 3.8) is 0 Å². The van der Waals surface area contributed by atoms with Gasteiger partial charge in [0.15, 0.2) is 0 Å². The number of rotatable bonds is 1. The lowest BCUT2D eigenvalue weighted by Gasteiger charge is -2.19. The standard InChI is InChI=1S/C7H9O2P/c1-7(8)5-3-2-4-6(7)10-9/h2-6,8H,1H3/p+1. The van der Waals surface area contributed by atoms with Gasteiger partial charge < -0.3 is 5.11 Å². The van der Waals surface area contributed by atoms with Crippen LogP contribution in [0.25, 0.3) is 0 Å². The SMILES string of the molecule is CC1(O)C=CC=CC1[PH+]=O. The summed E-state index contributed by atoms with van der Waals surface area (Å²) in [5.74, 6) is 0. The van der Waals surface area contributed by atoms with Gasteiger partial charge in [-0.3, -0.25) is 0 Å². The summed E-state index contributed by atoms with van der Waals surface area (Å²) in [6, 6.07) is 0. The van der Waals surface area contributed by atoms with E-state index >= 15 is 0 Å².